The SMILES string of the molecule is Cc1nc(-c2ccc(-c3[nH]nc4nc(N5CC[C@@H]6[C@H](C5)[C@@]6(CN)c5ccccc5F)cnc34)c(Cl)c2)no1.NC[C@]1(c2ccccc2F)[C@@H]2CCN(c3cnc4c(-c5cc6c(cc5Cl)NC(=O)C6=O)[nH]nc4n3)C[C@@H]21.NC[C@]1(c2ccccc2F)[C@@H]2CCN(c3cnc4c(-c5ccc(F)c6ncccc56)[nH]nc4n3)C[C@@H]21. The smallest absolute Gasteiger partial charge is 0.296 e. The minimum atomic E-state index is -0.685. The van der Waals surface area contributed by atoms with Crippen LogP contribution in [0.15, 0.2) is 157 Å². The van der Waals surface area contributed by atoms with Gasteiger partial charge in [0.15, 0.2) is 0 Å². The number of carbonyl (C=O) groups is 2. The number of nitrogens with one attached hydrogen (secondary N) is 4. The molecule has 25 nitrogen and oxygen atoms in total. The number of anilines is 4. The van der Waals surface area contributed by atoms with Crippen LogP contribution in [0.2, 0.25) is 10.0 Å². The van der Waals surface area contributed by atoms with E-state index < -0.39 is 11.7 Å². The second-order valence-electron chi connectivity index (χ2n) is 29.5. The molecule has 9 atom stereocenters. The molecule has 7 aliphatic rings. The number of piperidine rings is 3. The lowest BCUT2D eigenvalue weighted by Gasteiger charge is -2.26. The summed E-state index contributed by atoms with van der Waals surface area (Å²) in [6.45, 7) is 7.53. The molecular formula is C80H68Cl2F4N22O3. The van der Waals surface area contributed by atoms with Gasteiger partial charge >= 0.3 is 0 Å². The van der Waals surface area contributed by atoms with E-state index in [-0.39, 0.29) is 62.8 Å². The third kappa shape index (κ3) is 11.2. The second-order valence-corrected chi connectivity index (χ2v) is 30.3. The van der Waals surface area contributed by atoms with Crippen molar-refractivity contribution in [3.05, 3.63) is 214 Å². The average molecular weight is 1530 g/mol. The molecule has 558 valence electrons. The van der Waals surface area contributed by atoms with Crippen molar-refractivity contribution in [2.75, 3.05) is 78.9 Å². The predicted molar refractivity (Wildman–Crippen MR) is 410 cm³/mol. The van der Waals surface area contributed by atoms with E-state index in [0.29, 0.717) is 150 Å². The number of aryl methyl sites for hydroxylation is 1. The summed E-state index contributed by atoms with van der Waals surface area (Å²) in [6.07, 6.45) is 9.49. The van der Waals surface area contributed by atoms with Crippen LogP contribution in [0.5, 0.6) is 0 Å². The number of H-pyrrole nitrogens is 3. The zero-order chi connectivity index (χ0) is 75.9. The highest BCUT2D eigenvalue weighted by Gasteiger charge is 2.69. The van der Waals surface area contributed by atoms with Gasteiger partial charge in [-0.05, 0) is 126 Å². The molecule has 6 fully saturated rings. The third-order valence-electron chi connectivity index (χ3n) is 24.4. The van der Waals surface area contributed by atoms with Gasteiger partial charge in [0.1, 0.15) is 62.8 Å². The fourth-order valence-corrected chi connectivity index (χ4v) is 19.4. The van der Waals surface area contributed by atoms with Crippen LogP contribution < -0.4 is 37.2 Å². The molecule has 0 spiro atoms. The van der Waals surface area contributed by atoms with Gasteiger partial charge in [0, 0.05) is 116 Å². The number of Topliss-reactive ketones (excluding diaryl/α,β-unsaturated/α-hetero) is 1. The Labute approximate surface area is 639 Å². The van der Waals surface area contributed by atoms with Crippen molar-refractivity contribution in [1.29, 1.82) is 0 Å². The molecule has 14 aromatic rings. The van der Waals surface area contributed by atoms with Crippen LogP contribution in [0.1, 0.15) is 52.2 Å². The molecular weight excluding hydrogens is 1460 g/mol. The van der Waals surface area contributed by atoms with E-state index in [1.807, 2.05) is 54.6 Å². The lowest BCUT2D eigenvalue weighted by Crippen LogP contribution is -2.32. The average Bonchev–Trinajstić information content (AvgIpc) is 1.54. The number of carbonyl (C=O) groups excluding carboxylic acids is 2. The van der Waals surface area contributed by atoms with Gasteiger partial charge in [-0.15, -0.1) is 0 Å². The Morgan fingerprint density at radius 1 is 0.486 bits per heavy atom. The Kier molecular flexibility index (Phi) is 16.8. The van der Waals surface area contributed by atoms with E-state index in [9.17, 15) is 27.2 Å². The van der Waals surface area contributed by atoms with E-state index in [0.717, 1.165) is 91.4 Å². The third-order valence-corrected chi connectivity index (χ3v) is 25.1. The van der Waals surface area contributed by atoms with Crippen LogP contribution in [0.4, 0.5) is 40.7 Å². The molecule has 8 aromatic heterocycles. The van der Waals surface area contributed by atoms with Crippen molar-refractivity contribution >= 4 is 102 Å². The topological polar surface area (TPSA) is 349 Å². The number of amides is 1. The molecule has 10 N–H and O–H groups in total. The van der Waals surface area contributed by atoms with E-state index in [4.69, 9.17) is 69.8 Å². The van der Waals surface area contributed by atoms with Crippen molar-refractivity contribution in [2.24, 2.45) is 52.7 Å². The molecule has 3 aliphatic carbocycles. The number of hydrogen-bond acceptors (Lipinski definition) is 21. The monoisotopic (exact) mass is 1530 g/mol. The highest BCUT2D eigenvalue weighted by Crippen LogP contribution is 2.66. The van der Waals surface area contributed by atoms with Gasteiger partial charge in [0.25, 0.3) is 11.7 Å². The van der Waals surface area contributed by atoms with Crippen LogP contribution in [0, 0.1) is 65.7 Å². The fourth-order valence-electron chi connectivity index (χ4n) is 18.9. The van der Waals surface area contributed by atoms with Crippen molar-refractivity contribution < 1.29 is 31.7 Å². The first kappa shape index (κ1) is 69.7. The first-order valence-electron chi connectivity index (χ1n) is 36.6. The number of nitrogens with zero attached hydrogens (tertiary/aromatic N) is 15. The number of aromatic amines is 3. The number of rotatable bonds is 13. The summed E-state index contributed by atoms with van der Waals surface area (Å²) < 4.78 is 63.4. The summed E-state index contributed by atoms with van der Waals surface area (Å²) in [6, 6.07) is 36.3. The zero-order valence-electron chi connectivity index (χ0n) is 59.3. The molecule has 6 aromatic carbocycles. The molecule has 31 heteroatoms. The standard InChI is InChI=1S/C27H24ClFN8O.C27H23F2N7.C26H21ClFN7O2/c1-14-32-25(36-38-14)15-6-7-16(20(28)10-15)23-24-26(35-34-23)33-22(11-31-24)37-9-8-17-19(12-37)27(17,13-30)18-4-2-3-5-21(18)29;28-20-6-2-1-5-18(20)27(14-30)17-9-11-36(13-19(17)27)22-12-32-25-24(34-35-26(25)33-22)16-7-8-21(29)23-15(16)4-3-10-31-23;27-17-8-19-13(23(36)25(37)31-19)7-12(17)21-22-24(34-33-21)32-20(9-30-22)35-6-5-14-16(10-35)26(14,11-29)15-3-1-2-4-18(15)28/h2-7,10-11,17,19H,8-9,12-13,30H2,1H3,(H,33,34,35);1-8,10,12,17,19H,9,11,13-14,30H2,(H,33,34,35);1-4,7-9,14,16H,5-6,10-11,29H2,(H,31,36,37)(H,32,33,34)/t2*17-,19+,27-;14-,16+,26-/m111/s1. The number of pyridine rings is 1. The van der Waals surface area contributed by atoms with Crippen LogP contribution in [-0.4, -0.2) is 146 Å². The number of aromatic nitrogens is 15. The first-order valence-corrected chi connectivity index (χ1v) is 37.4. The summed E-state index contributed by atoms with van der Waals surface area (Å²) in [5, 5.41) is 30.1. The van der Waals surface area contributed by atoms with Crippen molar-refractivity contribution in [3.63, 3.8) is 0 Å². The lowest BCUT2D eigenvalue weighted by atomic mass is 9.91. The minimum Gasteiger partial charge on any atom is -0.355 e. The maximum absolute atomic E-state index is 14.7. The molecule has 0 radical (unpaired) electrons. The van der Waals surface area contributed by atoms with Crippen molar-refractivity contribution in [1.82, 2.24) is 75.6 Å². The lowest BCUT2D eigenvalue weighted by molar-refractivity contribution is -0.112. The number of nitrogens with two attached hydrogens (primary N) is 3. The van der Waals surface area contributed by atoms with Gasteiger partial charge in [0.2, 0.25) is 28.7 Å². The maximum Gasteiger partial charge on any atom is 0.296 e. The summed E-state index contributed by atoms with van der Waals surface area (Å²) >= 11 is 13.1. The minimum absolute atomic E-state index is 0.178. The number of halogens is 6. The number of ketones is 1. The molecule has 4 aliphatic heterocycles. The van der Waals surface area contributed by atoms with Gasteiger partial charge in [-0.1, -0.05) is 101 Å². The van der Waals surface area contributed by atoms with E-state index >= 15 is 0 Å². The summed E-state index contributed by atoms with van der Waals surface area (Å²) in [4.78, 5) is 67.2. The van der Waals surface area contributed by atoms with Gasteiger partial charge < -0.3 is 41.7 Å². The normalized spacial score (nSPS) is 23.4. The van der Waals surface area contributed by atoms with Crippen molar-refractivity contribution in [2.45, 2.75) is 42.4 Å². The molecule has 0 unspecified atom stereocenters. The summed E-state index contributed by atoms with van der Waals surface area (Å²) in [5.41, 5.74) is 28.6. The van der Waals surface area contributed by atoms with E-state index in [1.54, 1.807) is 80.2 Å². The Balaban J connectivity index is 0.000000112. The molecule has 111 heavy (non-hydrogen) atoms. The van der Waals surface area contributed by atoms with Crippen molar-refractivity contribution in [3.8, 4) is 45.2 Å². The zero-order valence-corrected chi connectivity index (χ0v) is 60.8. The Bertz CT molecular complexity index is 6120. The Morgan fingerprint density at radius 3 is 1.39 bits per heavy atom. The van der Waals surface area contributed by atoms with Crippen LogP contribution in [-0.2, 0) is 21.0 Å². The van der Waals surface area contributed by atoms with Gasteiger partial charge in [-0.25, -0.2) is 47.5 Å². The maximum atomic E-state index is 14.7. The molecule has 3 saturated heterocycles. The van der Waals surface area contributed by atoms with Crippen LogP contribution >= 0.6 is 23.2 Å². The molecule has 21 rings (SSSR count). The highest BCUT2D eigenvalue weighted by molar-refractivity contribution is 6.52. The largest absolute Gasteiger partial charge is 0.355 e. The second kappa shape index (κ2) is 26.8. The Morgan fingerprint density at radius 2 is 0.937 bits per heavy atom. The van der Waals surface area contributed by atoms with E-state index in [2.05, 4.69) is 70.7 Å². The van der Waals surface area contributed by atoms with Gasteiger partial charge in [-0.3, -0.25) is 29.9 Å². The van der Waals surface area contributed by atoms with Gasteiger partial charge in [-0.2, -0.15) is 20.3 Å². The predicted octanol–water partition coefficient (Wildman–Crippen LogP) is 12.0. The fraction of sp³-hybridized carbons (Fsp3) is 0.275. The molecule has 3 saturated carbocycles. The summed E-state index contributed by atoms with van der Waals surface area (Å²) in [7, 11) is 0. The number of hydrogen-bond donors (Lipinski definition) is 7. The van der Waals surface area contributed by atoms with Crippen LogP contribution in [0.25, 0.3) is 89.6 Å². The van der Waals surface area contributed by atoms with E-state index in [1.165, 1.54) is 24.3 Å². The van der Waals surface area contributed by atoms with Gasteiger partial charge in [0.05, 0.1) is 57.0 Å². The molecule has 1 amide bonds. The quantitative estimate of drug-likeness (QED) is 0.0416. The summed E-state index contributed by atoms with van der Waals surface area (Å²) in [5.74, 6) is 2.72. The highest BCUT2D eigenvalue weighted by atomic mass is 35.5. The number of benzene rings is 6. The molecule has 12 heterocycles. The van der Waals surface area contributed by atoms with Crippen LogP contribution in [0.3, 0.4) is 0 Å². The Hall–Kier alpha value is -11.8. The molecule has 0 bridgehead atoms. The number of fused-ring (bicyclic) bond motifs is 8. The first-order chi connectivity index (χ1) is 54.0.